The minimum absolute atomic E-state index is 0.350. The van der Waals surface area contributed by atoms with Gasteiger partial charge in [0.05, 0.1) is 7.11 Å². The molecule has 13 heavy (non-hydrogen) atoms. The maximum Gasteiger partial charge on any atom is 0.186 e. The van der Waals surface area contributed by atoms with E-state index < -0.39 is 0 Å². The Hall–Kier alpha value is -1.22. The second-order valence-corrected chi connectivity index (χ2v) is 2.30. The van der Waals surface area contributed by atoms with Gasteiger partial charge < -0.3 is 14.6 Å². The third kappa shape index (κ3) is 5.99. The summed E-state index contributed by atoms with van der Waals surface area (Å²) < 4.78 is 9.75. The van der Waals surface area contributed by atoms with Crippen molar-refractivity contribution in [1.29, 1.82) is 0 Å². The molecule has 0 saturated carbocycles. The first-order valence-electron chi connectivity index (χ1n) is 4.09. The first-order chi connectivity index (χ1) is 6.24. The molecule has 1 N–H and O–H groups in total. The Bertz CT molecular complexity index is 204. The van der Waals surface area contributed by atoms with Gasteiger partial charge in [0.2, 0.25) is 0 Å². The molecule has 0 heterocycles. The number of allylic oxidation sites excluding steroid dienone is 3. The van der Waals surface area contributed by atoms with Gasteiger partial charge in [-0.05, 0) is 12.5 Å². The third-order valence-corrected chi connectivity index (χ3v) is 1.31. The van der Waals surface area contributed by atoms with E-state index in [0.717, 1.165) is 6.42 Å². The molecule has 0 aromatic carbocycles. The van der Waals surface area contributed by atoms with E-state index in [2.05, 4.69) is 6.58 Å². The molecule has 0 amide bonds. The molecule has 0 bridgehead atoms. The summed E-state index contributed by atoms with van der Waals surface area (Å²) >= 11 is 0. The highest BCUT2D eigenvalue weighted by Gasteiger charge is 1.93. The first kappa shape index (κ1) is 11.8. The molecule has 3 nitrogen and oxygen atoms in total. The fraction of sp³-hybridized carbons (Fsp3) is 0.400. The van der Waals surface area contributed by atoms with Crippen LogP contribution in [0.25, 0.3) is 0 Å². The van der Waals surface area contributed by atoms with Crippen LogP contribution >= 0.6 is 0 Å². The molecule has 0 aliphatic rings. The van der Waals surface area contributed by atoms with Crippen molar-refractivity contribution in [3.63, 3.8) is 0 Å². The number of ether oxygens (including phenoxy) is 2. The van der Waals surface area contributed by atoms with Gasteiger partial charge in [0, 0.05) is 6.08 Å². The summed E-state index contributed by atoms with van der Waals surface area (Å²) in [6.45, 7) is 5.27. The van der Waals surface area contributed by atoms with Crippen LogP contribution in [0.3, 0.4) is 0 Å². The fourth-order valence-corrected chi connectivity index (χ4v) is 0.664. The predicted octanol–water partition coefficient (Wildman–Crippen LogP) is 1.96. The van der Waals surface area contributed by atoms with Crippen LogP contribution in [-0.4, -0.2) is 19.0 Å². The van der Waals surface area contributed by atoms with Crippen LogP contribution < -0.4 is 0 Å². The molecular formula is C10H16O3. The molecule has 0 aliphatic carbocycles. The van der Waals surface area contributed by atoms with E-state index in [4.69, 9.17) is 14.6 Å². The van der Waals surface area contributed by atoms with Crippen molar-refractivity contribution in [2.75, 3.05) is 13.9 Å². The van der Waals surface area contributed by atoms with Crippen LogP contribution in [-0.2, 0) is 9.47 Å². The van der Waals surface area contributed by atoms with E-state index in [-0.39, 0.29) is 6.79 Å². The average molecular weight is 184 g/mol. The summed E-state index contributed by atoms with van der Waals surface area (Å²) in [5, 5.41) is 8.55. The number of aliphatic hydroxyl groups excluding tert-OH is 1. The summed E-state index contributed by atoms with van der Waals surface area (Å²) in [4.78, 5) is 0. The van der Waals surface area contributed by atoms with Gasteiger partial charge in [0.1, 0.15) is 11.5 Å². The zero-order valence-electron chi connectivity index (χ0n) is 8.12. The Morgan fingerprint density at radius 3 is 2.69 bits per heavy atom. The van der Waals surface area contributed by atoms with E-state index in [0.29, 0.717) is 11.5 Å². The predicted molar refractivity (Wildman–Crippen MR) is 51.8 cm³/mol. The minimum Gasteiger partial charge on any atom is -0.497 e. The monoisotopic (exact) mass is 184 g/mol. The standard InChI is InChI=1S/C10H16O3/c1-4-5-6-10(13-8-11)7-9(2)12-3/h5-7,11H,2,4,8H2,1,3H3/b6-5-,10-7+. The molecule has 0 saturated heterocycles. The van der Waals surface area contributed by atoms with Gasteiger partial charge in [-0.15, -0.1) is 0 Å². The van der Waals surface area contributed by atoms with Crippen molar-refractivity contribution >= 4 is 0 Å². The summed E-state index contributed by atoms with van der Waals surface area (Å²) in [5.41, 5.74) is 0. The number of hydrogen-bond donors (Lipinski definition) is 1. The first-order valence-corrected chi connectivity index (χ1v) is 4.09. The van der Waals surface area contributed by atoms with Crippen LogP contribution in [0.2, 0.25) is 0 Å². The van der Waals surface area contributed by atoms with Gasteiger partial charge >= 0.3 is 0 Å². The zero-order chi connectivity index (χ0) is 10.1. The Labute approximate surface area is 79.0 Å². The van der Waals surface area contributed by atoms with Gasteiger partial charge in [-0.2, -0.15) is 0 Å². The van der Waals surface area contributed by atoms with Crippen molar-refractivity contribution in [1.82, 2.24) is 0 Å². The van der Waals surface area contributed by atoms with Gasteiger partial charge in [-0.3, -0.25) is 0 Å². The van der Waals surface area contributed by atoms with E-state index in [1.165, 1.54) is 7.11 Å². The Balaban J connectivity index is 4.30. The summed E-state index contributed by atoms with van der Waals surface area (Å²) in [5.74, 6) is 1.03. The maximum atomic E-state index is 8.55. The summed E-state index contributed by atoms with van der Waals surface area (Å²) in [6, 6.07) is 0. The Morgan fingerprint density at radius 1 is 1.54 bits per heavy atom. The summed E-state index contributed by atoms with van der Waals surface area (Å²) in [7, 11) is 1.53. The molecule has 0 atom stereocenters. The van der Waals surface area contributed by atoms with Gasteiger partial charge in [-0.1, -0.05) is 19.6 Å². The molecule has 0 fully saturated rings. The van der Waals surface area contributed by atoms with Crippen molar-refractivity contribution < 1.29 is 14.6 Å². The maximum absolute atomic E-state index is 8.55. The molecule has 0 unspecified atom stereocenters. The highest BCUT2D eigenvalue weighted by atomic mass is 16.6. The van der Waals surface area contributed by atoms with Gasteiger partial charge in [-0.25, -0.2) is 0 Å². The second kappa shape index (κ2) is 7.43. The number of hydrogen-bond acceptors (Lipinski definition) is 3. The van der Waals surface area contributed by atoms with Crippen molar-refractivity contribution in [2.24, 2.45) is 0 Å². The van der Waals surface area contributed by atoms with Crippen LogP contribution in [0.1, 0.15) is 13.3 Å². The molecule has 0 aromatic heterocycles. The number of aliphatic hydroxyl groups is 1. The van der Waals surface area contributed by atoms with E-state index in [9.17, 15) is 0 Å². The molecule has 0 radical (unpaired) electrons. The third-order valence-electron chi connectivity index (χ3n) is 1.31. The average Bonchev–Trinajstić information content (AvgIpc) is 2.14. The SMILES string of the molecule is C=C(/C=C(\C=C/CC)OCO)OC. The molecule has 0 aromatic rings. The highest BCUT2D eigenvalue weighted by Crippen LogP contribution is 2.05. The largest absolute Gasteiger partial charge is 0.497 e. The normalized spacial score (nSPS) is 11.8. The molecule has 0 aliphatic heterocycles. The molecule has 0 rings (SSSR count). The van der Waals surface area contributed by atoms with E-state index in [1.807, 2.05) is 13.0 Å². The van der Waals surface area contributed by atoms with Gasteiger partial charge in [0.15, 0.2) is 6.79 Å². The van der Waals surface area contributed by atoms with E-state index >= 15 is 0 Å². The minimum atomic E-state index is -0.350. The molecule has 74 valence electrons. The Kier molecular flexibility index (Phi) is 6.73. The van der Waals surface area contributed by atoms with E-state index in [1.54, 1.807) is 12.2 Å². The lowest BCUT2D eigenvalue weighted by Crippen LogP contribution is -1.92. The van der Waals surface area contributed by atoms with Crippen LogP contribution in [0, 0.1) is 0 Å². The lowest BCUT2D eigenvalue weighted by atomic mass is 10.3. The van der Waals surface area contributed by atoms with Crippen LogP contribution in [0.15, 0.2) is 36.3 Å². The highest BCUT2D eigenvalue weighted by molar-refractivity contribution is 5.20. The molecular weight excluding hydrogens is 168 g/mol. The topological polar surface area (TPSA) is 38.7 Å². The van der Waals surface area contributed by atoms with Crippen LogP contribution in [0.4, 0.5) is 0 Å². The van der Waals surface area contributed by atoms with Gasteiger partial charge in [0.25, 0.3) is 0 Å². The van der Waals surface area contributed by atoms with Crippen molar-refractivity contribution in [2.45, 2.75) is 13.3 Å². The summed E-state index contributed by atoms with van der Waals surface area (Å²) in [6.07, 6.45) is 6.21. The Morgan fingerprint density at radius 2 is 2.23 bits per heavy atom. The molecule has 3 heteroatoms. The van der Waals surface area contributed by atoms with Crippen molar-refractivity contribution in [3.05, 3.63) is 36.3 Å². The number of methoxy groups -OCH3 is 1. The lowest BCUT2D eigenvalue weighted by molar-refractivity contribution is 0.0474. The smallest absolute Gasteiger partial charge is 0.186 e. The lowest BCUT2D eigenvalue weighted by Gasteiger charge is -2.03. The quantitative estimate of drug-likeness (QED) is 0.389. The fourth-order valence-electron chi connectivity index (χ4n) is 0.664. The molecule has 0 spiro atoms. The number of rotatable bonds is 6. The second-order valence-electron chi connectivity index (χ2n) is 2.30. The van der Waals surface area contributed by atoms with Crippen molar-refractivity contribution in [3.8, 4) is 0 Å². The van der Waals surface area contributed by atoms with Crippen LogP contribution in [0.5, 0.6) is 0 Å². The zero-order valence-corrected chi connectivity index (χ0v) is 8.12.